The molecule has 0 atom stereocenters. The number of nitrogens with zero attached hydrogens (tertiary/aromatic N) is 3. The summed E-state index contributed by atoms with van der Waals surface area (Å²) in [5.74, 6) is 1.14. The smallest absolute Gasteiger partial charge is 0.151 e. The number of halogens is 1. The van der Waals surface area contributed by atoms with Crippen LogP contribution in [0.25, 0.3) is 0 Å². The first-order valence-corrected chi connectivity index (χ1v) is 8.07. The predicted molar refractivity (Wildman–Crippen MR) is 70.3 cm³/mol. The lowest BCUT2D eigenvalue weighted by Crippen LogP contribution is -2.27. The number of sulfone groups is 1. The van der Waals surface area contributed by atoms with Gasteiger partial charge in [0.15, 0.2) is 9.84 Å². The molecule has 1 saturated heterocycles. The van der Waals surface area contributed by atoms with Gasteiger partial charge in [0.1, 0.15) is 11.0 Å². The summed E-state index contributed by atoms with van der Waals surface area (Å²) < 4.78 is 23.0. The van der Waals surface area contributed by atoms with Crippen LogP contribution in [-0.2, 0) is 16.4 Å². The second-order valence-corrected chi connectivity index (χ2v) is 7.22. The van der Waals surface area contributed by atoms with Gasteiger partial charge in [-0.05, 0) is 26.0 Å². The Morgan fingerprint density at radius 2 is 2.11 bits per heavy atom. The van der Waals surface area contributed by atoms with E-state index in [-0.39, 0.29) is 11.5 Å². The van der Waals surface area contributed by atoms with Crippen LogP contribution in [0, 0.1) is 6.92 Å². The highest BCUT2D eigenvalue weighted by Crippen LogP contribution is 2.11. The topological polar surface area (TPSA) is 63.2 Å². The molecule has 0 saturated carbocycles. The summed E-state index contributed by atoms with van der Waals surface area (Å²) >= 11 is 5.88. The summed E-state index contributed by atoms with van der Waals surface area (Å²) in [6, 6.07) is 1.71. The van der Waals surface area contributed by atoms with Crippen molar-refractivity contribution in [3.05, 3.63) is 22.7 Å². The third-order valence-corrected chi connectivity index (χ3v) is 4.79. The van der Waals surface area contributed by atoms with E-state index in [1.54, 1.807) is 6.07 Å². The van der Waals surface area contributed by atoms with Crippen molar-refractivity contribution in [2.24, 2.45) is 0 Å². The molecule has 0 aromatic carbocycles. The quantitative estimate of drug-likeness (QED) is 0.762. The number of aryl methyl sites for hydroxylation is 1. The van der Waals surface area contributed by atoms with Crippen LogP contribution in [0.3, 0.4) is 0 Å². The Balaban J connectivity index is 2.05. The van der Waals surface area contributed by atoms with Crippen LogP contribution < -0.4 is 0 Å². The number of hydrogen-bond donors (Lipinski definition) is 0. The Hall–Kier alpha value is -0.720. The van der Waals surface area contributed by atoms with Crippen molar-refractivity contribution in [2.45, 2.75) is 19.9 Å². The van der Waals surface area contributed by atoms with Gasteiger partial charge in [0.05, 0.1) is 18.1 Å². The fourth-order valence-corrected chi connectivity index (χ4v) is 3.57. The lowest BCUT2D eigenvalue weighted by Gasteiger charge is -2.18. The molecule has 2 rings (SSSR count). The van der Waals surface area contributed by atoms with Gasteiger partial charge in [-0.2, -0.15) is 0 Å². The SMILES string of the molecule is Cc1cc(Cl)nc(CN2CCCS(=O)(=O)CC2)n1. The minimum atomic E-state index is -2.87. The van der Waals surface area contributed by atoms with Gasteiger partial charge in [-0.1, -0.05) is 11.6 Å². The fraction of sp³-hybridized carbons (Fsp3) is 0.636. The first-order chi connectivity index (χ1) is 8.44. The van der Waals surface area contributed by atoms with E-state index in [0.717, 1.165) is 12.2 Å². The molecule has 7 heteroatoms. The maximum Gasteiger partial charge on any atom is 0.151 e. The van der Waals surface area contributed by atoms with Gasteiger partial charge in [0.2, 0.25) is 0 Å². The molecule has 1 aliphatic rings. The molecule has 0 N–H and O–H groups in total. The van der Waals surface area contributed by atoms with Crippen molar-refractivity contribution in [1.29, 1.82) is 0 Å². The van der Waals surface area contributed by atoms with Crippen molar-refractivity contribution in [3.8, 4) is 0 Å². The third-order valence-electron chi connectivity index (χ3n) is 2.88. The zero-order chi connectivity index (χ0) is 13.2. The van der Waals surface area contributed by atoms with Crippen molar-refractivity contribution in [3.63, 3.8) is 0 Å². The van der Waals surface area contributed by atoms with Crippen LogP contribution in [0.4, 0.5) is 0 Å². The molecule has 2 heterocycles. The van der Waals surface area contributed by atoms with E-state index in [0.29, 0.717) is 30.5 Å². The molecule has 1 fully saturated rings. The highest BCUT2D eigenvalue weighted by molar-refractivity contribution is 7.91. The Bertz CT molecular complexity index is 513. The highest BCUT2D eigenvalue weighted by atomic mass is 35.5. The molecule has 18 heavy (non-hydrogen) atoms. The van der Waals surface area contributed by atoms with Crippen LogP contribution in [0.5, 0.6) is 0 Å². The van der Waals surface area contributed by atoms with E-state index in [4.69, 9.17) is 11.6 Å². The zero-order valence-corrected chi connectivity index (χ0v) is 11.8. The lowest BCUT2D eigenvalue weighted by atomic mass is 10.3. The molecule has 0 spiro atoms. The van der Waals surface area contributed by atoms with Crippen LogP contribution in [-0.4, -0.2) is 47.9 Å². The maximum absolute atomic E-state index is 11.5. The van der Waals surface area contributed by atoms with Crippen LogP contribution >= 0.6 is 11.6 Å². The molecule has 100 valence electrons. The van der Waals surface area contributed by atoms with Gasteiger partial charge < -0.3 is 0 Å². The fourth-order valence-electron chi connectivity index (χ4n) is 2.01. The summed E-state index contributed by atoms with van der Waals surface area (Å²) in [6.45, 7) is 3.71. The molecule has 5 nitrogen and oxygen atoms in total. The van der Waals surface area contributed by atoms with Gasteiger partial charge in [0.25, 0.3) is 0 Å². The molecule has 0 unspecified atom stereocenters. The Kier molecular flexibility index (Phi) is 4.19. The molecule has 0 bridgehead atoms. The number of rotatable bonds is 2. The second kappa shape index (κ2) is 5.50. The standard InChI is InChI=1S/C11H16ClN3O2S/c1-9-7-10(12)14-11(13-9)8-15-3-2-5-18(16,17)6-4-15/h7H,2-6,8H2,1H3. The van der Waals surface area contributed by atoms with Crippen LogP contribution in [0.2, 0.25) is 5.15 Å². The molecule has 0 aliphatic carbocycles. The largest absolute Gasteiger partial charge is 0.295 e. The molecule has 0 radical (unpaired) electrons. The molecular formula is C11H16ClN3O2S. The third kappa shape index (κ3) is 3.90. The van der Waals surface area contributed by atoms with E-state index in [1.807, 2.05) is 6.92 Å². The van der Waals surface area contributed by atoms with Crippen LogP contribution in [0.15, 0.2) is 6.07 Å². The Labute approximate surface area is 112 Å². The van der Waals surface area contributed by atoms with Crippen molar-refractivity contribution < 1.29 is 8.42 Å². The molecular weight excluding hydrogens is 274 g/mol. The van der Waals surface area contributed by atoms with Gasteiger partial charge in [0, 0.05) is 12.2 Å². The first kappa shape index (κ1) is 13.7. The normalized spacial score (nSPS) is 20.6. The molecule has 1 aliphatic heterocycles. The van der Waals surface area contributed by atoms with Crippen molar-refractivity contribution in [1.82, 2.24) is 14.9 Å². The first-order valence-electron chi connectivity index (χ1n) is 5.87. The van der Waals surface area contributed by atoms with Crippen molar-refractivity contribution in [2.75, 3.05) is 24.6 Å². The van der Waals surface area contributed by atoms with E-state index in [9.17, 15) is 8.42 Å². The minimum Gasteiger partial charge on any atom is -0.295 e. The average molecular weight is 290 g/mol. The average Bonchev–Trinajstić information content (AvgIpc) is 2.39. The monoisotopic (exact) mass is 289 g/mol. The summed E-state index contributed by atoms with van der Waals surface area (Å²) in [4.78, 5) is 10.5. The summed E-state index contributed by atoms with van der Waals surface area (Å²) in [7, 11) is -2.87. The predicted octanol–water partition coefficient (Wildman–Crippen LogP) is 1.06. The second-order valence-electron chi connectivity index (χ2n) is 4.53. The molecule has 0 amide bonds. The van der Waals surface area contributed by atoms with Gasteiger partial charge >= 0.3 is 0 Å². The zero-order valence-electron chi connectivity index (χ0n) is 10.3. The summed E-state index contributed by atoms with van der Waals surface area (Å²) in [6.07, 6.45) is 0.669. The minimum absolute atomic E-state index is 0.215. The van der Waals surface area contributed by atoms with E-state index < -0.39 is 9.84 Å². The van der Waals surface area contributed by atoms with Crippen molar-refractivity contribution >= 4 is 21.4 Å². The van der Waals surface area contributed by atoms with Gasteiger partial charge in [-0.15, -0.1) is 0 Å². The molecule has 1 aromatic heterocycles. The summed E-state index contributed by atoms with van der Waals surface area (Å²) in [5.41, 5.74) is 0.826. The number of hydrogen-bond acceptors (Lipinski definition) is 5. The number of aromatic nitrogens is 2. The van der Waals surface area contributed by atoms with E-state index >= 15 is 0 Å². The Morgan fingerprint density at radius 3 is 2.83 bits per heavy atom. The van der Waals surface area contributed by atoms with Gasteiger partial charge in [-0.25, -0.2) is 18.4 Å². The highest BCUT2D eigenvalue weighted by Gasteiger charge is 2.19. The molecule has 1 aromatic rings. The summed E-state index contributed by atoms with van der Waals surface area (Å²) in [5, 5.41) is 0.431. The Morgan fingerprint density at radius 1 is 1.33 bits per heavy atom. The lowest BCUT2D eigenvalue weighted by molar-refractivity contribution is 0.280. The maximum atomic E-state index is 11.5. The van der Waals surface area contributed by atoms with E-state index in [2.05, 4.69) is 14.9 Å². The van der Waals surface area contributed by atoms with E-state index in [1.165, 1.54) is 0 Å². The van der Waals surface area contributed by atoms with Crippen LogP contribution in [0.1, 0.15) is 17.9 Å². The van der Waals surface area contributed by atoms with Gasteiger partial charge in [-0.3, -0.25) is 4.90 Å².